The average Bonchev–Trinajstić information content (AvgIpc) is 2.56. The molecule has 25 heavy (non-hydrogen) atoms. The van der Waals surface area contributed by atoms with E-state index >= 15 is 0 Å². The maximum Gasteiger partial charge on any atom is 0.252 e. The molecule has 0 radical (unpaired) electrons. The number of aliphatic hydroxyl groups excluding tert-OH is 1. The van der Waals surface area contributed by atoms with Crippen molar-refractivity contribution in [1.29, 1.82) is 0 Å². The minimum atomic E-state index is -1.25. The molecular weight excluding hydrogens is 314 g/mol. The molecule has 0 unspecified atom stereocenters. The van der Waals surface area contributed by atoms with E-state index in [0.717, 1.165) is 24.0 Å². The van der Waals surface area contributed by atoms with Crippen LogP contribution in [0.1, 0.15) is 51.2 Å². The number of carbonyl (C=O) groups excluding carboxylic acids is 1. The molecule has 0 heterocycles. The zero-order valence-corrected chi connectivity index (χ0v) is 15.8. The number of hydrogen-bond donors (Lipinski definition) is 3. The molecule has 3 atom stereocenters. The number of nitrogens with one attached hydrogen (secondary N) is 1. The highest BCUT2D eigenvalue weighted by Gasteiger charge is 2.48. The van der Waals surface area contributed by atoms with E-state index in [0.29, 0.717) is 31.7 Å². The van der Waals surface area contributed by atoms with Gasteiger partial charge in [0, 0.05) is 13.2 Å². The Morgan fingerprint density at radius 1 is 1.24 bits per heavy atom. The van der Waals surface area contributed by atoms with E-state index in [2.05, 4.69) is 26.1 Å². The SMILES string of the molecule is CC(C)[C@@H]1CC[C@@H](C)C[C@@]1(O)C(=O)NCCc1ccccc1CCO. The van der Waals surface area contributed by atoms with Crippen molar-refractivity contribution in [2.24, 2.45) is 17.8 Å². The highest BCUT2D eigenvalue weighted by atomic mass is 16.3. The third-order valence-electron chi connectivity index (χ3n) is 5.62. The topological polar surface area (TPSA) is 69.6 Å². The molecule has 1 aromatic rings. The zero-order chi connectivity index (χ0) is 18.4. The van der Waals surface area contributed by atoms with E-state index in [1.54, 1.807) is 0 Å². The molecule has 4 nitrogen and oxygen atoms in total. The first-order valence-corrected chi connectivity index (χ1v) is 9.56. The van der Waals surface area contributed by atoms with E-state index in [4.69, 9.17) is 5.11 Å². The predicted molar refractivity (Wildman–Crippen MR) is 100 cm³/mol. The van der Waals surface area contributed by atoms with Gasteiger partial charge in [-0.15, -0.1) is 0 Å². The Kier molecular flexibility index (Phi) is 7.03. The van der Waals surface area contributed by atoms with Gasteiger partial charge in [-0.25, -0.2) is 0 Å². The smallest absolute Gasteiger partial charge is 0.252 e. The molecule has 0 saturated heterocycles. The van der Waals surface area contributed by atoms with Gasteiger partial charge in [-0.3, -0.25) is 4.79 Å². The predicted octanol–water partition coefficient (Wildman–Crippen LogP) is 2.70. The molecule has 3 N–H and O–H groups in total. The van der Waals surface area contributed by atoms with Crippen molar-refractivity contribution in [2.75, 3.05) is 13.2 Å². The summed E-state index contributed by atoms with van der Waals surface area (Å²) in [4.78, 5) is 12.8. The maximum absolute atomic E-state index is 12.8. The molecule has 0 bridgehead atoms. The fraction of sp³-hybridized carbons (Fsp3) is 0.667. The number of carbonyl (C=O) groups is 1. The first-order valence-electron chi connectivity index (χ1n) is 9.56. The molecular formula is C21H33NO3. The van der Waals surface area contributed by atoms with E-state index < -0.39 is 5.60 Å². The van der Waals surface area contributed by atoms with Crippen molar-refractivity contribution in [3.05, 3.63) is 35.4 Å². The van der Waals surface area contributed by atoms with Gasteiger partial charge in [-0.2, -0.15) is 0 Å². The first kappa shape index (κ1) is 19.9. The monoisotopic (exact) mass is 347 g/mol. The number of rotatable bonds is 7. The van der Waals surface area contributed by atoms with E-state index in [1.807, 2.05) is 24.3 Å². The fourth-order valence-corrected chi connectivity index (χ4v) is 4.26. The summed E-state index contributed by atoms with van der Waals surface area (Å²) in [6.45, 7) is 6.91. The van der Waals surface area contributed by atoms with Gasteiger partial charge in [-0.05, 0) is 54.6 Å². The molecule has 0 aliphatic heterocycles. The van der Waals surface area contributed by atoms with Crippen molar-refractivity contribution >= 4 is 5.91 Å². The Hall–Kier alpha value is -1.39. The molecule has 1 amide bonds. The van der Waals surface area contributed by atoms with Crippen LogP contribution in [0.5, 0.6) is 0 Å². The van der Waals surface area contributed by atoms with Gasteiger partial charge in [0.15, 0.2) is 0 Å². The third kappa shape index (κ3) is 4.83. The Balaban J connectivity index is 1.99. The average molecular weight is 347 g/mol. The van der Waals surface area contributed by atoms with Crippen LogP contribution in [0.3, 0.4) is 0 Å². The number of amides is 1. The van der Waals surface area contributed by atoms with Crippen molar-refractivity contribution in [2.45, 2.75) is 58.5 Å². The molecule has 0 spiro atoms. The highest BCUT2D eigenvalue weighted by molar-refractivity contribution is 5.85. The molecule has 0 aromatic heterocycles. The lowest BCUT2D eigenvalue weighted by atomic mass is 9.66. The summed E-state index contributed by atoms with van der Waals surface area (Å²) in [5.74, 6) is 0.451. The molecule has 4 heteroatoms. The molecule has 1 aliphatic rings. The molecule has 1 aromatic carbocycles. The quantitative estimate of drug-likeness (QED) is 0.710. The van der Waals surface area contributed by atoms with Gasteiger partial charge in [0.25, 0.3) is 5.91 Å². The van der Waals surface area contributed by atoms with Crippen LogP contribution in [0.25, 0.3) is 0 Å². The first-order chi connectivity index (χ1) is 11.9. The highest BCUT2D eigenvalue weighted by Crippen LogP contribution is 2.41. The Bertz CT molecular complexity index is 572. The molecule has 2 rings (SSSR count). The van der Waals surface area contributed by atoms with Crippen molar-refractivity contribution < 1.29 is 15.0 Å². The lowest BCUT2D eigenvalue weighted by Crippen LogP contribution is -2.56. The lowest BCUT2D eigenvalue weighted by molar-refractivity contribution is -0.155. The number of aliphatic hydroxyl groups is 2. The lowest BCUT2D eigenvalue weighted by Gasteiger charge is -2.43. The third-order valence-corrected chi connectivity index (χ3v) is 5.62. The molecule has 1 aliphatic carbocycles. The van der Waals surface area contributed by atoms with Crippen LogP contribution >= 0.6 is 0 Å². The number of benzene rings is 1. The second-order valence-corrected chi connectivity index (χ2v) is 7.91. The Morgan fingerprint density at radius 3 is 2.48 bits per heavy atom. The van der Waals surface area contributed by atoms with Crippen LogP contribution in [0.2, 0.25) is 0 Å². The second-order valence-electron chi connectivity index (χ2n) is 7.91. The Morgan fingerprint density at radius 2 is 1.88 bits per heavy atom. The Labute approximate surface area is 151 Å². The summed E-state index contributed by atoms with van der Waals surface area (Å²) in [6, 6.07) is 7.99. The minimum absolute atomic E-state index is 0.0189. The van der Waals surface area contributed by atoms with Gasteiger partial charge in [0.1, 0.15) is 5.60 Å². The number of hydrogen-bond acceptors (Lipinski definition) is 3. The van der Waals surface area contributed by atoms with Gasteiger partial charge in [-0.1, -0.05) is 51.5 Å². The van der Waals surface area contributed by atoms with Crippen molar-refractivity contribution in [3.8, 4) is 0 Å². The van der Waals surface area contributed by atoms with E-state index in [9.17, 15) is 9.90 Å². The van der Waals surface area contributed by atoms with Gasteiger partial charge >= 0.3 is 0 Å². The summed E-state index contributed by atoms with van der Waals surface area (Å²) in [7, 11) is 0. The van der Waals surface area contributed by atoms with Gasteiger partial charge in [0.2, 0.25) is 0 Å². The van der Waals surface area contributed by atoms with Gasteiger partial charge in [0.05, 0.1) is 0 Å². The van der Waals surface area contributed by atoms with Crippen LogP contribution < -0.4 is 5.32 Å². The van der Waals surface area contributed by atoms with Crippen LogP contribution in [0.15, 0.2) is 24.3 Å². The van der Waals surface area contributed by atoms with E-state index in [-0.39, 0.29) is 24.3 Å². The van der Waals surface area contributed by atoms with Crippen LogP contribution in [-0.4, -0.2) is 34.9 Å². The van der Waals surface area contributed by atoms with Crippen LogP contribution in [0, 0.1) is 17.8 Å². The summed E-state index contributed by atoms with van der Waals surface area (Å²) < 4.78 is 0. The van der Waals surface area contributed by atoms with Crippen molar-refractivity contribution in [3.63, 3.8) is 0 Å². The van der Waals surface area contributed by atoms with Gasteiger partial charge < -0.3 is 15.5 Å². The zero-order valence-electron chi connectivity index (χ0n) is 15.8. The fourth-order valence-electron chi connectivity index (χ4n) is 4.26. The summed E-state index contributed by atoms with van der Waals surface area (Å²) >= 11 is 0. The second kappa shape index (κ2) is 8.81. The molecule has 1 saturated carbocycles. The minimum Gasteiger partial charge on any atom is -0.396 e. The summed E-state index contributed by atoms with van der Waals surface area (Å²) in [5, 5.41) is 23.3. The largest absolute Gasteiger partial charge is 0.396 e. The summed E-state index contributed by atoms with van der Waals surface area (Å²) in [5.41, 5.74) is 1.00. The van der Waals surface area contributed by atoms with Crippen LogP contribution in [-0.2, 0) is 17.6 Å². The van der Waals surface area contributed by atoms with E-state index in [1.165, 1.54) is 0 Å². The normalized spacial score (nSPS) is 26.6. The maximum atomic E-state index is 12.8. The van der Waals surface area contributed by atoms with Crippen LogP contribution in [0.4, 0.5) is 0 Å². The molecule has 140 valence electrons. The molecule has 1 fully saturated rings. The standard InChI is InChI=1S/C21H33NO3/c1-15(2)19-9-8-16(3)14-21(19,25)20(24)22-12-10-17-6-4-5-7-18(17)11-13-23/h4-7,15-16,19,23,25H,8-14H2,1-3H3,(H,22,24)/t16-,19+,21+/m1/s1. The van der Waals surface area contributed by atoms with Crippen molar-refractivity contribution in [1.82, 2.24) is 5.32 Å². The summed E-state index contributed by atoms with van der Waals surface area (Å²) in [6.07, 6.45) is 3.86.